The number of carbonyl (C=O) groups is 2. The molecule has 5 nitrogen and oxygen atoms in total. The summed E-state index contributed by atoms with van der Waals surface area (Å²) in [7, 11) is 4.91. The van der Waals surface area contributed by atoms with Gasteiger partial charge in [-0.15, -0.1) is 0 Å². The first-order valence-electron chi connectivity index (χ1n) is 5.07. The Balaban J connectivity index is 4.16. The van der Waals surface area contributed by atoms with Gasteiger partial charge in [0.05, 0.1) is 13.5 Å². The van der Waals surface area contributed by atoms with E-state index in [-0.39, 0.29) is 18.3 Å². The van der Waals surface area contributed by atoms with Gasteiger partial charge in [-0.3, -0.25) is 14.6 Å². The van der Waals surface area contributed by atoms with Crippen LogP contribution in [0.25, 0.3) is 0 Å². The molecule has 1 amide bonds. The van der Waals surface area contributed by atoms with Crippen molar-refractivity contribution in [1.29, 1.82) is 0 Å². The van der Waals surface area contributed by atoms with E-state index in [1.807, 2.05) is 6.92 Å². The molecule has 0 aromatic heterocycles. The summed E-state index contributed by atoms with van der Waals surface area (Å²) in [6.07, 6.45) is 1.53. The molecule has 0 heterocycles. The van der Waals surface area contributed by atoms with Gasteiger partial charge in [0.25, 0.3) is 0 Å². The SMILES string of the molecule is CCCC(=O)N(CCC(=O)OC)N(C)C. The Hall–Kier alpha value is -1.10. The first-order valence-corrected chi connectivity index (χ1v) is 5.07. The Bertz CT molecular complexity index is 217. The maximum absolute atomic E-state index is 11.6. The maximum atomic E-state index is 11.6. The quantitative estimate of drug-likeness (QED) is 0.483. The monoisotopic (exact) mass is 216 g/mol. The summed E-state index contributed by atoms with van der Waals surface area (Å²) in [6, 6.07) is 0. The number of hydrogen-bond donors (Lipinski definition) is 0. The molecule has 0 aromatic rings. The summed E-state index contributed by atoms with van der Waals surface area (Å²) in [5.74, 6) is -0.266. The number of esters is 1. The number of methoxy groups -OCH3 is 1. The van der Waals surface area contributed by atoms with Gasteiger partial charge >= 0.3 is 5.97 Å². The van der Waals surface area contributed by atoms with Crippen LogP contribution < -0.4 is 0 Å². The lowest BCUT2D eigenvalue weighted by Gasteiger charge is -2.28. The largest absolute Gasteiger partial charge is 0.469 e. The molecule has 0 rings (SSSR count). The molecule has 5 heteroatoms. The van der Waals surface area contributed by atoms with Crippen molar-refractivity contribution in [2.45, 2.75) is 26.2 Å². The number of hydrazine groups is 1. The molecule has 0 unspecified atom stereocenters. The minimum atomic E-state index is -0.300. The average Bonchev–Trinajstić information content (AvgIpc) is 2.17. The van der Waals surface area contributed by atoms with Crippen LogP contribution in [0.2, 0.25) is 0 Å². The predicted octanol–water partition coefficient (Wildman–Crippen LogP) is 0.655. The fraction of sp³-hybridized carbons (Fsp3) is 0.800. The Morgan fingerprint density at radius 3 is 2.20 bits per heavy atom. The summed E-state index contributed by atoms with van der Waals surface area (Å²) in [5, 5.41) is 3.25. The highest BCUT2D eigenvalue weighted by Crippen LogP contribution is 2.01. The van der Waals surface area contributed by atoms with Crippen LogP contribution in [0.4, 0.5) is 0 Å². The third kappa shape index (κ3) is 5.37. The second kappa shape index (κ2) is 7.23. The lowest BCUT2D eigenvalue weighted by Crippen LogP contribution is -2.43. The van der Waals surface area contributed by atoms with Crippen LogP contribution in [-0.4, -0.2) is 49.6 Å². The molecule has 0 N–H and O–H groups in total. The molecule has 0 aromatic carbocycles. The zero-order valence-electron chi connectivity index (χ0n) is 9.95. The van der Waals surface area contributed by atoms with E-state index in [1.54, 1.807) is 24.1 Å². The molecule has 88 valence electrons. The van der Waals surface area contributed by atoms with Gasteiger partial charge in [0, 0.05) is 27.1 Å². The van der Waals surface area contributed by atoms with E-state index >= 15 is 0 Å². The molecule has 0 fully saturated rings. The van der Waals surface area contributed by atoms with Crippen molar-refractivity contribution >= 4 is 11.9 Å². The first-order chi connectivity index (χ1) is 7.02. The second-order valence-corrected chi connectivity index (χ2v) is 3.44. The molecule has 0 saturated heterocycles. The molecule has 0 saturated carbocycles. The van der Waals surface area contributed by atoms with E-state index in [2.05, 4.69) is 4.74 Å². The lowest BCUT2D eigenvalue weighted by molar-refractivity contribution is -0.148. The van der Waals surface area contributed by atoms with E-state index < -0.39 is 0 Å². The molecule has 15 heavy (non-hydrogen) atoms. The topological polar surface area (TPSA) is 49.9 Å². The maximum Gasteiger partial charge on any atom is 0.307 e. The van der Waals surface area contributed by atoms with E-state index in [0.717, 1.165) is 6.42 Å². The van der Waals surface area contributed by atoms with Crippen molar-refractivity contribution in [2.24, 2.45) is 0 Å². The standard InChI is InChI=1S/C10H20N2O3/c1-5-6-9(13)12(11(2)3)8-7-10(14)15-4/h5-8H2,1-4H3. The molecule has 0 aliphatic carbocycles. The minimum absolute atomic E-state index is 0.0337. The molecule has 0 radical (unpaired) electrons. The Labute approximate surface area is 91.0 Å². The van der Waals surface area contributed by atoms with Crippen LogP contribution in [0, 0.1) is 0 Å². The minimum Gasteiger partial charge on any atom is -0.469 e. The number of ether oxygens (including phenoxy) is 1. The predicted molar refractivity (Wildman–Crippen MR) is 56.9 cm³/mol. The Morgan fingerprint density at radius 2 is 1.80 bits per heavy atom. The zero-order valence-corrected chi connectivity index (χ0v) is 9.95. The number of amides is 1. The fourth-order valence-electron chi connectivity index (χ4n) is 1.19. The van der Waals surface area contributed by atoms with Gasteiger partial charge in [-0.05, 0) is 6.42 Å². The molecule has 0 bridgehead atoms. The molecular formula is C10H20N2O3. The number of hydrogen-bond acceptors (Lipinski definition) is 4. The summed E-state index contributed by atoms with van der Waals surface area (Å²) in [6.45, 7) is 2.32. The lowest BCUT2D eigenvalue weighted by atomic mass is 10.3. The number of carbonyl (C=O) groups excluding carboxylic acids is 2. The van der Waals surface area contributed by atoms with Gasteiger partial charge in [0.15, 0.2) is 0 Å². The van der Waals surface area contributed by atoms with Crippen molar-refractivity contribution in [2.75, 3.05) is 27.7 Å². The van der Waals surface area contributed by atoms with Crippen LogP contribution >= 0.6 is 0 Å². The van der Waals surface area contributed by atoms with Gasteiger partial charge in [-0.25, -0.2) is 5.01 Å². The third-order valence-corrected chi connectivity index (χ3v) is 1.99. The molecule has 0 aliphatic rings. The fourth-order valence-corrected chi connectivity index (χ4v) is 1.19. The van der Waals surface area contributed by atoms with E-state index in [9.17, 15) is 9.59 Å². The van der Waals surface area contributed by atoms with Crippen LogP contribution in [0.1, 0.15) is 26.2 Å². The molecule has 0 atom stereocenters. The van der Waals surface area contributed by atoms with E-state index in [1.165, 1.54) is 7.11 Å². The van der Waals surface area contributed by atoms with Crippen molar-refractivity contribution in [1.82, 2.24) is 10.0 Å². The van der Waals surface area contributed by atoms with Gasteiger partial charge < -0.3 is 4.74 Å². The number of rotatable bonds is 6. The molecular weight excluding hydrogens is 196 g/mol. The van der Waals surface area contributed by atoms with E-state index in [4.69, 9.17) is 0 Å². The normalized spacial score (nSPS) is 10.2. The van der Waals surface area contributed by atoms with Gasteiger partial charge in [0.1, 0.15) is 0 Å². The summed E-state index contributed by atoms with van der Waals surface area (Å²) < 4.78 is 4.52. The van der Waals surface area contributed by atoms with Crippen LogP contribution in [-0.2, 0) is 14.3 Å². The van der Waals surface area contributed by atoms with Crippen molar-refractivity contribution in [3.05, 3.63) is 0 Å². The van der Waals surface area contributed by atoms with Gasteiger partial charge in [-0.1, -0.05) is 6.92 Å². The van der Waals surface area contributed by atoms with Crippen molar-refractivity contribution in [3.8, 4) is 0 Å². The number of nitrogens with zero attached hydrogens (tertiary/aromatic N) is 2. The Kier molecular flexibility index (Phi) is 6.70. The molecule has 0 aliphatic heterocycles. The highest BCUT2D eigenvalue weighted by atomic mass is 16.5. The zero-order chi connectivity index (χ0) is 11.8. The van der Waals surface area contributed by atoms with Crippen LogP contribution in [0.5, 0.6) is 0 Å². The van der Waals surface area contributed by atoms with Gasteiger partial charge in [0.2, 0.25) is 5.91 Å². The van der Waals surface area contributed by atoms with Crippen LogP contribution in [0.15, 0.2) is 0 Å². The smallest absolute Gasteiger partial charge is 0.307 e. The highest BCUT2D eigenvalue weighted by molar-refractivity contribution is 5.76. The van der Waals surface area contributed by atoms with Gasteiger partial charge in [-0.2, -0.15) is 0 Å². The highest BCUT2D eigenvalue weighted by Gasteiger charge is 2.16. The molecule has 0 spiro atoms. The average molecular weight is 216 g/mol. The van der Waals surface area contributed by atoms with Crippen molar-refractivity contribution < 1.29 is 14.3 Å². The summed E-state index contributed by atoms with van der Waals surface area (Å²) >= 11 is 0. The van der Waals surface area contributed by atoms with Crippen molar-refractivity contribution in [3.63, 3.8) is 0 Å². The third-order valence-electron chi connectivity index (χ3n) is 1.99. The Morgan fingerprint density at radius 1 is 1.20 bits per heavy atom. The second-order valence-electron chi connectivity index (χ2n) is 3.44. The summed E-state index contributed by atoms with van der Waals surface area (Å²) in [5.41, 5.74) is 0. The van der Waals surface area contributed by atoms with Crippen LogP contribution in [0.3, 0.4) is 0 Å². The first kappa shape index (κ1) is 13.9. The summed E-state index contributed by atoms with van der Waals surface area (Å²) in [4.78, 5) is 22.6. The van der Waals surface area contributed by atoms with E-state index in [0.29, 0.717) is 13.0 Å².